The van der Waals surface area contributed by atoms with Crippen LogP contribution < -0.4 is 0 Å². The maximum absolute atomic E-state index is 10.0. The summed E-state index contributed by atoms with van der Waals surface area (Å²) in [7, 11) is 0. The summed E-state index contributed by atoms with van der Waals surface area (Å²) >= 11 is 0. The van der Waals surface area contributed by atoms with Crippen LogP contribution >= 0.6 is 12.4 Å². The van der Waals surface area contributed by atoms with Crippen molar-refractivity contribution in [3.05, 3.63) is 52.3 Å². The highest BCUT2D eigenvalue weighted by atomic mass is 35.5. The van der Waals surface area contributed by atoms with Gasteiger partial charge in [0.2, 0.25) is 0 Å². The van der Waals surface area contributed by atoms with Crippen molar-refractivity contribution in [3.8, 4) is 5.75 Å². The van der Waals surface area contributed by atoms with Gasteiger partial charge in [0.1, 0.15) is 5.75 Å². The summed E-state index contributed by atoms with van der Waals surface area (Å²) < 4.78 is 0. The molecule has 2 rings (SSSR count). The van der Waals surface area contributed by atoms with Crippen molar-refractivity contribution in [1.29, 1.82) is 0 Å². The second-order valence-corrected chi connectivity index (χ2v) is 4.77. The van der Waals surface area contributed by atoms with Crippen LogP contribution in [0.3, 0.4) is 0 Å². The van der Waals surface area contributed by atoms with Crippen molar-refractivity contribution < 1.29 is 10.2 Å². The lowest BCUT2D eigenvalue weighted by atomic mass is 10.1. The topological polar surface area (TPSA) is 65.7 Å². The van der Waals surface area contributed by atoms with Crippen molar-refractivity contribution in [2.24, 2.45) is 4.99 Å². The Balaban J connectivity index is 0.00000220. The van der Waals surface area contributed by atoms with E-state index in [9.17, 15) is 10.2 Å². The summed E-state index contributed by atoms with van der Waals surface area (Å²) in [4.78, 5) is 8.45. The van der Waals surface area contributed by atoms with Crippen LogP contribution in [0.4, 0.5) is 5.69 Å². The van der Waals surface area contributed by atoms with Gasteiger partial charge in [-0.05, 0) is 38.0 Å². The molecule has 0 aliphatic carbocycles. The van der Waals surface area contributed by atoms with Crippen LogP contribution in [0.5, 0.6) is 5.75 Å². The molecule has 0 bridgehead atoms. The van der Waals surface area contributed by atoms with E-state index in [0.29, 0.717) is 16.8 Å². The molecule has 0 unspecified atom stereocenters. The van der Waals surface area contributed by atoms with Crippen molar-refractivity contribution in [1.82, 2.24) is 4.98 Å². The van der Waals surface area contributed by atoms with Crippen molar-refractivity contribution in [2.75, 3.05) is 0 Å². The van der Waals surface area contributed by atoms with Gasteiger partial charge in [0.05, 0.1) is 18.0 Å². The molecule has 4 nitrogen and oxygen atoms in total. The van der Waals surface area contributed by atoms with Crippen LogP contribution in [0.2, 0.25) is 0 Å². The van der Waals surface area contributed by atoms with E-state index in [1.54, 1.807) is 19.3 Å². The van der Waals surface area contributed by atoms with Crippen LogP contribution in [-0.2, 0) is 6.61 Å². The Morgan fingerprint density at radius 1 is 1.24 bits per heavy atom. The molecule has 112 valence electrons. The maximum Gasteiger partial charge on any atom is 0.145 e. The largest absolute Gasteiger partial charge is 0.505 e. The minimum Gasteiger partial charge on any atom is -0.505 e. The molecule has 0 aliphatic heterocycles. The second kappa shape index (κ2) is 7.20. The van der Waals surface area contributed by atoms with E-state index in [4.69, 9.17) is 0 Å². The fourth-order valence-electron chi connectivity index (χ4n) is 1.93. The van der Waals surface area contributed by atoms with E-state index in [-0.39, 0.29) is 24.8 Å². The number of pyridine rings is 1. The first-order valence-electron chi connectivity index (χ1n) is 6.43. The van der Waals surface area contributed by atoms with Crippen molar-refractivity contribution in [2.45, 2.75) is 27.4 Å². The number of halogens is 1. The fraction of sp³-hybridized carbons (Fsp3) is 0.250. The first-order valence-corrected chi connectivity index (χ1v) is 6.43. The zero-order valence-electron chi connectivity index (χ0n) is 12.3. The number of nitrogens with zero attached hydrogens (tertiary/aromatic N) is 2. The van der Waals surface area contributed by atoms with Gasteiger partial charge in [-0.15, -0.1) is 12.4 Å². The zero-order chi connectivity index (χ0) is 14.7. The highest BCUT2D eigenvalue weighted by molar-refractivity contribution is 5.87. The number of hydrogen-bond donors (Lipinski definition) is 2. The van der Waals surface area contributed by atoms with Crippen LogP contribution in [0.25, 0.3) is 0 Å². The lowest BCUT2D eigenvalue weighted by Gasteiger charge is -2.08. The Labute approximate surface area is 130 Å². The van der Waals surface area contributed by atoms with E-state index < -0.39 is 0 Å². The highest BCUT2D eigenvalue weighted by Crippen LogP contribution is 2.25. The standard InChI is InChI=1S/C16H18N2O2.ClH/c1-10-5-4-6-15(11(10)2)18-8-14-13(9-19)7-17-12(3)16(14)20;/h4-8,19-20H,9H2,1-3H3;1H. The predicted molar refractivity (Wildman–Crippen MR) is 87.0 cm³/mol. The van der Waals surface area contributed by atoms with E-state index in [1.165, 1.54) is 0 Å². The predicted octanol–water partition coefficient (Wildman–Crippen LogP) is 3.38. The number of aliphatic imine (C=N–C) groups is 1. The average Bonchev–Trinajstić information content (AvgIpc) is 2.44. The minimum atomic E-state index is -0.186. The van der Waals surface area contributed by atoms with Crippen LogP contribution in [0.1, 0.15) is 27.9 Å². The molecule has 0 fully saturated rings. The van der Waals surface area contributed by atoms with Gasteiger partial charge >= 0.3 is 0 Å². The number of aliphatic hydroxyl groups is 1. The average molecular weight is 307 g/mol. The smallest absolute Gasteiger partial charge is 0.145 e. The molecule has 0 spiro atoms. The summed E-state index contributed by atoms with van der Waals surface area (Å²) in [6, 6.07) is 5.89. The molecule has 0 amide bonds. The lowest BCUT2D eigenvalue weighted by Crippen LogP contribution is -1.97. The third-order valence-corrected chi connectivity index (χ3v) is 3.44. The summed E-state index contributed by atoms with van der Waals surface area (Å²) in [5.41, 5.74) is 4.70. The highest BCUT2D eigenvalue weighted by Gasteiger charge is 2.09. The normalized spacial score (nSPS) is 10.7. The van der Waals surface area contributed by atoms with Crippen LogP contribution in [-0.4, -0.2) is 21.4 Å². The molecule has 0 saturated carbocycles. The number of aryl methyl sites for hydroxylation is 2. The number of hydrogen-bond acceptors (Lipinski definition) is 4. The number of benzene rings is 1. The Hall–Kier alpha value is -1.91. The minimum absolute atomic E-state index is 0. The molecule has 1 aromatic carbocycles. The fourth-order valence-corrected chi connectivity index (χ4v) is 1.93. The summed E-state index contributed by atoms with van der Waals surface area (Å²) in [5.74, 6) is 0.0607. The molecule has 5 heteroatoms. The first kappa shape index (κ1) is 17.1. The molecule has 1 aromatic heterocycles. The van der Waals surface area contributed by atoms with Crippen LogP contribution in [0.15, 0.2) is 29.4 Å². The molecule has 0 saturated heterocycles. The van der Waals surface area contributed by atoms with E-state index in [1.807, 2.05) is 32.0 Å². The number of rotatable bonds is 3. The van der Waals surface area contributed by atoms with Gasteiger partial charge in [-0.25, -0.2) is 0 Å². The number of aliphatic hydroxyl groups excluding tert-OH is 1. The third kappa shape index (κ3) is 3.60. The monoisotopic (exact) mass is 306 g/mol. The van der Waals surface area contributed by atoms with Gasteiger partial charge in [0.25, 0.3) is 0 Å². The second-order valence-electron chi connectivity index (χ2n) is 4.77. The molecule has 21 heavy (non-hydrogen) atoms. The molecular formula is C16H19ClN2O2. The molecule has 2 N–H and O–H groups in total. The number of aromatic hydroxyl groups is 1. The van der Waals surface area contributed by atoms with E-state index >= 15 is 0 Å². The Bertz CT molecular complexity index is 670. The van der Waals surface area contributed by atoms with Crippen molar-refractivity contribution in [3.63, 3.8) is 0 Å². The quantitative estimate of drug-likeness (QED) is 0.854. The first-order chi connectivity index (χ1) is 9.54. The molecule has 0 atom stereocenters. The lowest BCUT2D eigenvalue weighted by molar-refractivity contribution is 0.280. The molecule has 0 aliphatic rings. The molecule has 2 aromatic rings. The molecule has 1 heterocycles. The summed E-state index contributed by atoms with van der Waals surface area (Å²) in [6.07, 6.45) is 3.14. The van der Waals surface area contributed by atoms with E-state index in [0.717, 1.165) is 16.8 Å². The van der Waals surface area contributed by atoms with Crippen molar-refractivity contribution >= 4 is 24.3 Å². The van der Waals surface area contributed by atoms with E-state index in [2.05, 4.69) is 9.98 Å². The summed E-state index contributed by atoms with van der Waals surface area (Å²) in [6.45, 7) is 5.56. The van der Waals surface area contributed by atoms with Gasteiger partial charge in [-0.2, -0.15) is 0 Å². The van der Waals surface area contributed by atoms with Gasteiger partial charge in [-0.1, -0.05) is 12.1 Å². The summed E-state index contributed by atoms with van der Waals surface area (Å²) in [5, 5.41) is 19.4. The Kier molecular flexibility index (Phi) is 5.88. The number of aromatic nitrogens is 1. The zero-order valence-corrected chi connectivity index (χ0v) is 13.1. The van der Waals surface area contributed by atoms with Crippen LogP contribution in [0, 0.1) is 20.8 Å². The van der Waals surface area contributed by atoms with Gasteiger partial charge < -0.3 is 10.2 Å². The Morgan fingerprint density at radius 2 is 1.95 bits per heavy atom. The third-order valence-electron chi connectivity index (χ3n) is 3.44. The SMILES string of the molecule is Cc1cccc(N=Cc2c(CO)cnc(C)c2O)c1C.Cl. The Morgan fingerprint density at radius 3 is 2.62 bits per heavy atom. The molecular weight excluding hydrogens is 288 g/mol. The maximum atomic E-state index is 10.0. The van der Waals surface area contributed by atoms with Gasteiger partial charge in [0.15, 0.2) is 0 Å². The van der Waals surface area contributed by atoms with Gasteiger partial charge in [0, 0.05) is 23.5 Å². The molecule has 0 radical (unpaired) electrons. The van der Waals surface area contributed by atoms with Gasteiger partial charge in [-0.3, -0.25) is 9.98 Å².